The van der Waals surface area contributed by atoms with Crippen molar-refractivity contribution >= 4 is 40.7 Å². The summed E-state index contributed by atoms with van der Waals surface area (Å²) in [6.45, 7) is 0.202. The highest BCUT2D eigenvalue weighted by Gasteiger charge is 2.42. The second kappa shape index (κ2) is 12.5. The van der Waals surface area contributed by atoms with Gasteiger partial charge < -0.3 is 19.9 Å². The summed E-state index contributed by atoms with van der Waals surface area (Å²) in [4.78, 5) is 34.6. The summed E-state index contributed by atoms with van der Waals surface area (Å²) in [5, 5.41) is 14.2. The number of esters is 1. The molecule has 0 bridgehead atoms. The molecule has 2 aliphatic rings. The molecule has 210 valence electrons. The number of hydrogen-bond donors (Lipinski definition) is 2. The summed E-state index contributed by atoms with van der Waals surface area (Å²) in [6, 6.07) is 2.10. The maximum Gasteiger partial charge on any atom is 0.338 e. The Balaban J connectivity index is 1.78. The number of hydrogen-bond acceptors (Lipinski definition) is 9. The molecule has 1 aromatic carbocycles. The Morgan fingerprint density at radius 2 is 2.15 bits per heavy atom. The Labute approximate surface area is 231 Å². The fourth-order valence-corrected chi connectivity index (χ4v) is 5.35. The van der Waals surface area contributed by atoms with Gasteiger partial charge in [-0.25, -0.2) is 27.7 Å². The number of alkyl halides is 2. The lowest BCUT2D eigenvalue weighted by atomic mass is 9.94. The highest BCUT2D eigenvalue weighted by atomic mass is 35.5. The number of nitrogens with zero attached hydrogens (tertiary/aromatic N) is 3. The molecule has 0 amide bonds. The third-order valence-electron chi connectivity index (χ3n) is 6.20. The van der Waals surface area contributed by atoms with Crippen molar-refractivity contribution < 1.29 is 37.3 Å². The summed E-state index contributed by atoms with van der Waals surface area (Å²) < 4.78 is 53.5. The van der Waals surface area contributed by atoms with E-state index in [-0.39, 0.29) is 54.7 Å². The number of aromatic nitrogens is 1. The summed E-state index contributed by atoms with van der Waals surface area (Å²) >= 11 is 7.64. The summed E-state index contributed by atoms with van der Waals surface area (Å²) in [5.74, 6) is -5.22. The molecule has 1 saturated heterocycles. The monoisotopic (exact) mass is 586 g/mol. The van der Waals surface area contributed by atoms with Crippen LogP contribution in [0.3, 0.4) is 0 Å². The Morgan fingerprint density at radius 1 is 1.36 bits per heavy atom. The van der Waals surface area contributed by atoms with Gasteiger partial charge in [-0.3, -0.25) is 9.89 Å². The molecule has 1 aromatic heterocycles. The number of piperidine rings is 1. The zero-order chi connectivity index (χ0) is 28.2. The van der Waals surface area contributed by atoms with Crippen LogP contribution in [-0.2, 0) is 19.1 Å². The number of amidine groups is 1. The summed E-state index contributed by atoms with van der Waals surface area (Å²) in [6.07, 6.45) is 1.23. The Bertz CT molecular complexity index is 1270. The number of carbonyl (C=O) groups is 2. The molecule has 0 spiro atoms. The number of carbonyl (C=O) groups excluding carboxylic acids is 1. The van der Waals surface area contributed by atoms with Crippen molar-refractivity contribution in [2.75, 3.05) is 32.9 Å². The zero-order valence-corrected chi connectivity index (χ0v) is 22.4. The quantitative estimate of drug-likeness (QED) is 0.401. The lowest BCUT2D eigenvalue weighted by molar-refractivity contribution is -0.144. The normalized spacial score (nSPS) is 21.3. The van der Waals surface area contributed by atoms with E-state index in [0.717, 1.165) is 6.07 Å². The lowest BCUT2D eigenvalue weighted by Gasteiger charge is -2.40. The number of rotatable bonds is 10. The number of ether oxygens (including phenoxy) is 2. The average molecular weight is 587 g/mol. The zero-order valence-electron chi connectivity index (χ0n) is 20.8. The van der Waals surface area contributed by atoms with Gasteiger partial charge in [0.1, 0.15) is 18.5 Å². The van der Waals surface area contributed by atoms with E-state index in [0.29, 0.717) is 10.6 Å². The van der Waals surface area contributed by atoms with Crippen LogP contribution in [0.15, 0.2) is 46.0 Å². The maximum atomic E-state index is 14.6. The van der Waals surface area contributed by atoms with Gasteiger partial charge in [-0.05, 0) is 25.5 Å². The predicted octanol–water partition coefficient (Wildman–Crippen LogP) is 4.04. The second-order valence-corrected chi connectivity index (χ2v) is 10.3. The third-order valence-corrected chi connectivity index (χ3v) is 7.31. The van der Waals surface area contributed by atoms with Crippen molar-refractivity contribution in [3.05, 3.63) is 62.5 Å². The fraction of sp³-hybridized carbons (Fsp3) is 0.440. The summed E-state index contributed by atoms with van der Waals surface area (Å²) in [7, 11) is 0. The molecule has 1 fully saturated rings. The van der Waals surface area contributed by atoms with Crippen molar-refractivity contribution in [3.63, 3.8) is 0 Å². The number of likely N-dealkylation sites (tertiary alicyclic amines) is 1. The molecule has 14 heteroatoms. The van der Waals surface area contributed by atoms with Crippen molar-refractivity contribution in [2.45, 2.75) is 37.8 Å². The van der Waals surface area contributed by atoms with Gasteiger partial charge in [0.15, 0.2) is 10.8 Å². The molecule has 0 aliphatic carbocycles. The Hall–Kier alpha value is -3.00. The predicted molar refractivity (Wildman–Crippen MR) is 138 cm³/mol. The van der Waals surface area contributed by atoms with E-state index in [9.17, 15) is 22.8 Å². The molecule has 4 rings (SSSR count). The number of halogens is 4. The van der Waals surface area contributed by atoms with Crippen LogP contribution in [0.25, 0.3) is 0 Å². The minimum atomic E-state index is -3.01. The molecule has 0 saturated carbocycles. The Kier molecular flexibility index (Phi) is 9.26. The molecule has 2 N–H and O–H groups in total. The van der Waals surface area contributed by atoms with Gasteiger partial charge in [0.25, 0.3) is 5.92 Å². The van der Waals surface area contributed by atoms with Crippen LogP contribution in [0, 0.1) is 5.82 Å². The van der Waals surface area contributed by atoms with E-state index in [2.05, 4.69) is 15.3 Å². The van der Waals surface area contributed by atoms with Gasteiger partial charge >= 0.3 is 11.9 Å². The van der Waals surface area contributed by atoms with E-state index >= 15 is 0 Å². The highest BCUT2D eigenvalue weighted by Crippen LogP contribution is 2.38. The van der Waals surface area contributed by atoms with E-state index in [1.165, 1.54) is 28.4 Å². The first-order chi connectivity index (χ1) is 18.6. The number of nitrogens with one attached hydrogen (secondary N) is 1. The number of carboxylic acid groups (broad SMARTS) is 1. The smallest absolute Gasteiger partial charge is 0.338 e. The van der Waals surface area contributed by atoms with Crippen LogP contribution in [0.1, 0.15) is 36.4 Å². The minimum Gasteiger partial charge on any atom is -0.480 e. The molecule has 2 aliphatic heterocycles. The lowest BCUT2D eigenvalue weighted by Crippen LogP contribution is -2.53. The third kappa shape index (κ3) is 7.15. The number of thiazole rings is 1. The minimum absolute atomic E-state index is 0.0229. The molecule has 9 nitrogen and oxygen atoms in total. The second-order valence-electron chi connectivity index (χ2n) is 8.98. The topological polar surface area (TPSA) is 113 Å². The van der Waals surface area contributed by atoms with Crippen molar-refractivity contribution in [2.24, 2.45) is 4.99 Å². The average Bonchev–Trinajstić information content (AvgIpc) is 3.40. The molecule has 3 heterocycles. The van der Waals surface area contributed by atoms with Gasteiger partial charge in [0, 0.05) is 46.9 Å². The first kappa shape index (κ1) is 29.0. The maximum absolute atomic E-state index is 14.6. The van der Waals surface area contributed by atoms with Crippen LogP contribution in [0.5, 0.6) is 0 Å². The molecule has 0 radical (unpaired) electrons. The van der Waals surface area contributed by atoms with Gasteiger partial charge in [-0.15, -0.1) is 11.3 Å². The van der Waals surface area contributed by atoms with Crippen LogP contribution < -0.4 is 5.32 Å². The molecular formula is C25H26ClF3N4O5S. The van der Waals surface area contributed by atoms with Gasteiger partial charge in [-0.2, -0.15) is 0 Å². The highest BCUT2D eigenvalue weighted by molar-refractivity contribution is 7.11. The van der Waals surface area contributed by atoms with Crippen LogP contribution in [0.4, 0.5) is 13.2 Å². The van der Waals surface area contributed by atoms with E-state index in [1.54, 1.807) is 18.5 Å². The van der Waals surface area contributed by atoms with Crippen molar-refractivity contribution in [1.29, 1.82) is 0 Å². The summed E-state index contributed by atoms with van der Waals surface area (Å²) in [5.41, 5.74) is 0.587. The van der Waals surface area contributed by atoms with Crippen LogP contribution >= 0.6 is 22.9 Å². The van der Waals surface area contributed by atoms with Crippen molar-refractivity contribution in [1.82, 2.24) is 15.2 Å². The van der Waals surface area contributed by atoms with E-state index in [1.807, 2.05) is 0 Å². The largest absolute Gasteiger partial charge is 0.480 e. The first-order valence-corrected chi connectivity index (χ1v) is 13.3. The van der Waals surface area contributed by atoms with Gasteiger partial charge in [-0.1, -0.05) is 17.7 Å². The molecule has 2 unspecified atom stereocenters. The fourth-order valence-electron chi connectivity index (χ4n) is 4.49. The van der Waals surface area contributed by atoms with Gasteiger partial charge in [0.05, 0.1) is 25.3 Å². The van der Waals surface area contributed by atoms with Crippen LogP contribution in [0.2, 0.25) is 5.02 Å². The number of carboxylic acids is 1. The number of aliphatic imine (C=N–C) groups is 1. The molecular weight excluding hydrogens is 561 g/mol. The number of aliphatic carboxylic acids is 1. The Morgan fingerprint density at radius 3 is 2.82 bits per heavy atom. The van der Waals surface area contributed by atoms with Gasteiger partial charge in [0.2, 0.25) is 0 Å². The standard InChI is InChI=1S/C25H26ClF3N4O5S/c1-2-38-24(36)20-18(10-33-13-25(28,29)6-5-15(33)11-37-12-19(34)35)31-22(23-30-7-8-39-23)32-21(20)16-4-3-14(27)9-17(16)26/h3-4,7-9,15,21H,2,5-6,10-13H2,1H3,(H,31,32)(H,34,35). The molecule has 39 heavy (non-hydrogen) atoms. The first-order valence-electron chi connectivity index (χ1n) is 12.1. The molecule has 2 aromatic rings. The van der Waals surface area contributed by atoms with E-state index < -0.39 is 48.9 Å². The SMILES string of the molecule is CCOC(=O)C1=C(CN2CC(F)(F)CCC2COCC(=O)O)NC(c2nccs2)=NC1c1ccc(F)cc1Cl. The molecule has 2 atom stereocenters. The van der Waals surface area contributed by atoms with Crippen molar-refractivity contribution in [3.8, 4) is 0 Å². The number of benzene rings is 1. The van der Waals surface area contributed by atoms with Crippen LogP contribution in [-0.4, -0.2) is 77.6 Å². The van der Waals surface area contributed by atoms with E-state index in [4.69, 9.17) is 26.2 Å².